The Balaban J connectivity index is 2.09. The van der Waals surface area contributed by atoms with Gasteiger partial charge < -0.3 is 11.1 Å². The van der Waals surface area contributed by atoms with Gasteiger partial charge in [0.25, 0.3) is 5.91 Å². The number of anilines is 1. The highest BCUT2D eigenvalue weighted by molar-refractivity contribution is 7.91. The number of nitrogen functional groups attached to an aromatic ring is 1. The van der Waals surface area contributed by atoms with Gasteiger partial charge in [-0.25, -0.2) is 12.8 Å². The molecule has 0 bridgehead atoms. The Bertz CT molecular complexity index is 586. The molecule has 5 nitrogen and oxygen atoms in total. The smallest absolute Gasteiger partial charge is 0.254 e. The van der Waals surface area contributed by atoms with E-state index in [0.717, 1.165) is 6.07 Å². The van der Waals surface area contributed by atoms with Gasteiger partial charge in [-0.15, -0.1) is 0 Å². The predicted molar refractivity (Wildman–Crippen MR) is 65.3 cm³/mol. The Hall–Kier alpha value is -1.63. The number of hydrogen-bond acceptors (Lipinski definition) is 4. The van der Waals surface area contributed by atoms with Crippen LogP contribution in [0.3, 0.4) is 0 Å². The van der Waals surface area contributed by atoms with Crippen LogP contribution in [0.5, 0.6) is 0 Å². The summed E-state index contributed by atoms with van der Waals surface area (Å²) in [6, 6.07) is 3.31. The standard InChI is InChI=1S/C11H13FN2O3S/c12-10-5-7(13)1-2-9(10)11(15)14-8-3-4-18(16,17)6-8/h1-2,5,8H,3-4,6,13H2,(H,14,15). The van der Waals surface area contributed by atoms with Crippen molar-refractivity contribution in [3.05, 3.63) is 29.6 Å². The quantitative estimate of drug-likeness (QED) is 0.759. The molecule has 1 heterocycles. The first kappa shape index (κ1) is 12.8. The van der Waals surface area contributed by atoms with Gasteiger partial charge >= 0.3 is 0 Å². The van der Waals surface area contributed by atoms with Crippen LogP contribution in [0.15, 0.2) is 18.2 Å². The monoisotopic (exact) mass is 272 g/mol. The molecule has 18 heavy (non-hydrogen) atoms. The zero-order valence-corrected chi connectivity index (χ0v) is 10.3. The number of nitrogens with one attached hydrogen (secondary N) is 1. The molecule has 1 aromatic rings. The number of benzene rings is 1. The second-order valence-electron chi connectivity index (χ2n) is 4.31. The average Bonchev–Trinajstić information content (AvgIpc) is 2.57. The van der Waals surface area contributed by atoms with Crippen LogP contribution in [0.4, 0.5) is 10.1 Å². The first-order chi connectivity index (χ1) is 8.37. The third-order valence-corrected chi connectivity index (χ3v) is 4.57. The van der Waals surface area contributed by atoms with Gasteiger partial charge in [0.15, 0.2) is 9.84 Å². The van der Waals surface area contributed by atoms with Crippen LogP contribution in [0.25, 0.3) is 0 Å². The number of halogens is 1. The number of hydrogen-bond donors (Lipinski definition) is 2. The minimum absolute atomic E-state index is 0.0577. The van der Waals surface area contributed by atoms with E-state index >= 15 is 0 Å². The molecule has 0 aliphatic carbocycles. The maximum absolute atomic E-state index is 13.5. The van der Waals surface area contributed by atoms with E-state index < -0.39 is 27.6 Å². The zero-order valence-electron chi connectivity index (χ0n) is 9.52. The Morgan fingerprint density at radius 1 is 1.44 bits per heavy atom. The molecule has 1 aliphatic rings. The van der Waals surface area contributed by atoms with Crippen molar-refractivity contribution < 1.29 is 17.6 Å². The van der Waals surface area contributed by atoms with Crippen molar-refractivity contribution in [2.45, 2.75) is 12.5 Å². The summed E-state index contributed by atoms with van der Waals surface area (Å²) in [7, 11) is -3.07. The van der Waals surface area contributed by atoms with Gasteiger partial charge in [0.05, 0.1) is 17.1 Å². The van der Waals surface area contributed by atoms with Crippen molar-refractivity contribution in [2.75, 3.05) is 17.2 Å². The molecule has 1 atom stereocenters. The van der Waals surface area contributed by atoms with E-state index in [0.29, 0.717) is 6.42 Å². The number of sulfone groups is 1. The minimum atomic E-state index is -3.07. The molecule has 1 amide bonds. The lowest BCUT2D eigenvalue weighted by Gasteiger charge is -2.11. The van der Waals surface area contributed by atoms with Crippen LogP contribution >= 0.6 is 0 Å². The fraction of sp³-hybridized carbons (Fsp3) is 0.364. The maximum Gasteiger partial charge on any atom is 0.254 e. The summed E-state index contributed by atoms with van der Waals surface area (Å²) in [5, 5.41) is 2.51. The molecule has 0 saturated carbocycles. The molecule has 1 fully saturated rings. The van der Waals surface area contributed by atoms with Crippen LogP contribution in [-0.4, -0.2) is 31.9 Å². The van der Waals surface area contributed by atoms with Gasteiger partial charge in [-0.3, -0.25) is 4.79 Å². The van der Waals surface area contributed by atoms with Gasteiger partial charge in [0, 0.05) is 11.7 Å². The Morgan fingerprint density at radius 3 is 2.72 bits per heavy atom. The molecular formula is C11H13FN2O3S. The van der Waals surface area contributed by atoms with Gasteiger partial charge in [0.2, 0.25) is 0 Å². The summed E-state index contributed by atoms with van der Waals surface area (Å²) in [4.78, 5) is 11.8. The molecule has 1 aliphatic heterocycles. The molecule has 1 unspecified atom stereocenters. The van der Waals surface area contributed by atoms with Crippen LogP contribution in [-0.2, 0) is 9.84 Å². The normalized spacial score (nSPS) is 21.7. The van der Waals surface area contributed by atoms with Gasteiger partial charge in [-0.05, 0) is 24.6 Å². The van der Waals surface area contributed by atoms with Gasteiger partial charge in [-0.2, -0.15) is 0 Å². The lowest BCUT2D eigenvalue weighted by molar-refractivity contribution is 0.0937. The van der Waals surface area contributed by atoms with Crippen LogP contribution in [0, 0.1) is 5.82 Å². The minimum Gasteiger partial charge on any atom is -0.399 e. The van der Waals surface area contributed by atoms with E-state index in [4.69, 9.17) is 5.73 Å². The van der Waals surface area contributed by atoms with Crippen molar-refractivity contribution in [3.8, 4) is 0 Å². The van der Waals surface area contributed by atoms with Crippen molar-refractivity contribution in [1.29, 1.82) is 0 Å². The zero-order chi connectivity index (χ0) is 13.3. The number of amides is 1. The van der Waals surface area contributed by atoms with Crippen molar-refractivity contribution in [2.24, 2.45) is 0 Å². The van der Waals surface area contributed by atoms with Gasteiger partial charge in [-0.1, -0.05) is 0 Å². The van der Waals surface area contributed by atoms with E-state index in [1.807, 2.05) is 0 Å². The predicted octanol–water partition coefficient (Wildman–Crippen LogP) is 0.325. The Morgan fingerprint density at radius 2 is 2.17 bits per heavy atom. The lowest BCUT2D eigenvalue weighted by Crippen LogP contribution is -2.36. The number of nitrogens with two attached hydrogens (primary N) is 1. The van der Waals surface area contributed by atoms with Crippen LogP contribution in [0.1, 0.15) is 16.8 Å². The average molecular weight is 272 g/mol. The fourth-order valence-corrected chi connectivity index (χ4v) is 3.56. The summed E-state index contributed by atoms with van der Waals surface area (Å²) in [6.45, 7) is 0. The highest BCUT2D eigenvalue weighted by Crippen LogP contribution is 2.15. The van der Waals surface area contributed by atoms with Crippen LogP contribution < -0.4 is 11.1 Å². The molecule has 1 aromatic carbocycles. The summed E-state index contributed by atoms with van der Waals surface area (Å²) >= 11 is 0. The lowest BCUT2D eigenvalue weighted by atomic mass is 10.1. The van der Waals surface area contributed by atoms with Crippen molar-refractivity contribution >= 4 is 21.4 Å². The summed E-state index contributed by atoms with van der Waals surface area (Å²) < 4.78 is 35.9. The molecule has 0 spiro atoms. The van der Waals surface area contributed by atoms with Crippen molar-refractivity contribution in [3.63, 3.8) is 0 Å². The number of rotatable bonds is 2. The van der Waals surface area contributed by atoms with E-state index in [9.17, 15) is 17.6 Å². The second-order valence-corrected chi connectivity index (χ2v) is 6.54. The highest BCUT2D eigenvalue weighted by atomic mass is 32.2. The molecule has 7 heteroatoms. The van der Waals surface area contributed by atoms with E-state index in [1.54, 1.807) is 0 Å². The Kier molecular flexibility index (Phi) is 3.25. The third kappa shape index (κ3) is 2.79. The van der Waals surface area contributed by atoms with E-state index in [1.165, 1.54) is 12.1 Å². The highest BCUT2D eigenvalue weighted by Gasteiger charge is 2.29. The van der Waals surface area contributed by atoms with E-state index in [-0.39, 0.29) is 22.8 Å². The first-order valence-electron chi connectivity index (χ1n) is 5.44. The molecule has 0 radical (unpaired) electrons. The molecule has 1 saturated heterocycles. The van der Waals surface area contributed by atoms with Crippen LogP contribution in [0.2, 0.25) is 0 Å². The molecule has 0 aromatic heterocycles. The first-order valence-corrected chi connectivity index (χ1v) is 7.26. The third-order valence-electron chi connectivity index (χ3n) is 2.81. The summed E-state index contributed by atoms with van der Waals surface area (Å²) in [5.41, 5.74) is 5.47. The Labute approximate surface area is 104 Å². The van der Waals surface area contributed by atoms with Crippen molar-refractivity contribution in [1.82, 2.24) is 5.32 Å². The maximum atomic E-state index is 13.5. The number of carbonyl (C=O) groups excluding carboxylic acids is 1. The molecular weight excluding hydrogens is 259 g/mol. The summed E-state index contributed by atoms with van der Waals surface area (Å²) in [6.07, 6.45) is 0.366. The van der Waals surface area contributed by atoms with Gasteiger partial charge in [0.1, 0.15) is 5.82 Å². The molecule has 2 rings (SSSR count). The number of carbonyl (C=O) groups is 1. The summed E-state index contributed by atoms with van der Waals surface area (Å²) in [5.74, 6) is -1.36. The second kappa shape index (κ2) is 4.56. The molecule has 98 valence electrons. The molecule has 3 N–H and O–H groups in total. The fourth-order valence-electron chi connectivity index (χ4n) is 1.89. The topological polar surface area (TPSA) is 89.3 Å². The SMILES string of the molecule is Nc1ccc(C(=O)NC2CCS(=O)(=O)C2)c(F)c1. The van der Waals surface area contributed by atoms with E-state index in [2.05, 4.69) is 5.32 Å². The largest absolute Gasteiger partial charge is 0.399 e.